The van der Waals surface area contributed by atoms with Crippen LogP contribution in [0.5, 0.6) is 0 Å². The number of halogens is 1. The van der Waals surface area contributed by atoms with Gasteiger partial charge in [0, 0.05) is 5.02 Å². The van der Waals surface area contributed by atoms with Gasteiger partial charge in [0.2, 0.25) is 0 Å². The maximum absolute atomic E-state index is 7.56. The van der Waals surface area contributed by atoms with E-state index in [2.05, 4.69) is 91.9 Å². The van der Waals surface area contributed by atoms with Crippen LogP contribution >= 0.6 is 11.6 Å². The summed E-state index contributed by atoms with van der Waals surface area (Å²) in [6.07, 6.45) is 1.20. The molecule has 6 aromatic carbocycles. The topological polar surface area (TPSA) is 46.2 Å². The van der Waals surface area contributed by atoms with Crippen molar-refractivity contribution in [2.24, 2.45) is 0 Å². The fraction of sp³-hybridized carbons (Fsp3) is 0.294. The van der Waals surface area contributed by atoms with Crippen molar-refractivity contribution in [3.63, 3.8) is 0 Å². The Labute approximate surface area is 342 Å². The second-order valence-electron chi connectivity index (χ2n) is 15.2. The summed E-state index contributed by atoms with van der Waals surface area (Å²) in [4.78, 5) is 0. The third-order valence-electron chi connectivity index (χ3n) is 11.4. The van der Waals surface area contributed by atoms with Crippen LogP contribution in [-0.2, 0) is 75.0 Å². The predicted molar refractivity (Wildman–Crippen MR) is 226 cm³/mol. The molecule has 0 bridgehead atoms. The van der Waals surface area contributed by atoms with Gasteiger partial charge >= 0.3 is 0 Å². The number of hydrogen-bond acceptors (Lipinski definition) is 5. The van der Waals surface area contributed by atoms with Crippen LogP contribution in [0.4, 0.5) is 0 Å². The Bertz CT molecular complexity index is 2150. The molecule has 1 heterocycles. The predicted octanol–water partition coefficient (Wildman–Crippen LogP) is 11.0. The third-order valence-corrected chi connectivity index (χ3v) is 11.7. The Kier molecular flexibility index (Phi) is 12.9. The first kappa shape index (κ1) is 39.2. The molecule has 6 aromatic rings. The van der Waals surface area contributed by atoms with E-state index in [1.54, 1.807) is 0 Å². The van der Waals surface area contributed by atoms with Gasteiger partial charge in [-0.3, -0.25) is 0 Å². The van der Waals surface area contributed by atoms with Crippen LogP contribution < -0.4 is 0 Å². The van der Waals surface area contributed by atoms with Gasteiger partial charge in [0.05, 0.1) is 33.0 Å². The molecule has 0 amide bonds. The van der Waals surface area contributed by atoms with Gasteiger partial charge in [0.1, 0.15) is 30.0 Å². The molecule has 8 rings (SSSR count). The van der Waals surface area contributed by atoms with E-state index in [9.17, 15) is 0 Å². The summed E-state index contributed by atoms with van der Waals surface area (Å²) in [5.74, 6) is 0. The van der Waals surface area contributed by atoms with Crippen molar-refractivity contribution in [3.05, 3.63) is 213 Å². The van der Waals surface area contributed by atoms with E-state index in [0.717, 1.165) is 51.2 Å². The normalized spacial score (nSPS) is 21.4. The zero-order valence-electron chi connectivity index (χ0n) is 32.6. The van der Waals surface area contributed by atoms with Crippen LogP contribution in [0.1, 0.15) is 63.4 Å². The van der Waals surface area contributed by atoms with Crippen molar-refractivity contribution in [1.29, 1.82) is 0 Å². The van der Waals surface area contributed by atoms with Gasteiger partial charge in [-0.25, -0.2) is 0 Å². The number of benzene rings is 6. The van der Waals surface area contributed by atoms with Crippen LogP contribution in [0.2, 0.25) is 5.02 Å². The number of aryl methyl sites for hydroxylation is 2. The molecular weight excluding hydrogens is 728 g/mol. The largest absolute Gasteiger partial charge is 0.374 e. The average Bonchev–Trinajstić information content (AvgIpc) is 3.60. The molecule has 292 valence electrons. The van der Waals surface area contributed by atoms with E-state index in [0.29, 0.717) is 45.9 Å². The Hall–Kier alpha value is -4.59. The van der Waals surface area contributed by atoms with Crippen molar-refractivity contribution < 1.29 is 23.7 Å². The number of ether oxygens (including phenoxy) is 5. The minimum atomic E-state index is -0.857. The molecule has 0 saturated carbocycles. The lowest BCUT2D eigenvalue weighted by molar-refractivity contribution is -0.312. The van der Waals surface area contributed by atoms with Crippen LogP contribution in [0.15, 0.2) is 158 Å². The average molecular weight is 779 g/mol. The molecule has 0 aromatic heterocycles. The summed E-state index contributed by atoms with van der Waals surface area (Å²) in [6, 6.07) is 54.5. The third kappa shape index (κ3) is 9.42. The lowest BCUT2D eigenvalue weighted by Gasteiger charge is -2.52. The van der Waals surface area contributed by atoms with Gasteiger partial charge in [-0.1, -0.05) is 170 Å². The Balaban J connectivity index is 1.21. The summed E-state index contributed by atoms with van der Waals surface area (Å²) in [5.41, 5.74) is 9.35. The van der Waals surface area contributed by atoms with E-state index in [1.807, 2.05) is 72.8 Å². The molecule has 57 heavy (non-hydrogen) atoms. The van der Waals surface area contributed by atoms with Crippen molar-refractivity contribution in [3.8, 4) is 0 Å². The van der Waals surface area contributed by atoms with Gasteiger partial charge in [0.25, 0.3) is 0 Å². The maximum atomic E-state index is 7.56. The van der Waals surface area contributed by atoms with E-state index in [-0.39, 0.29) is 0 Å². The Morgan fingerprint density at radius 1 is 0.579 bits per heavy atom. The van der Waals surface area contributed by atoms with E-state index in [4.69, 9.17) is 35.3 Å². The van der Waals surface area contributed by atoms with Crippen molar-refractivity contribution in [2.75, 3.05) is 6.61 Å². The van der Waals surface area contributed by atoms with E-state index >= 15 is 0 Å². The molecule has 5 nitrogen and oxygen atoms in total. The molecule has 0 radical (unpaired) electrons. The second kappa shape index (κ2) is 18.8. The molecule has 0 unspecified atom stereocenters. The van der Waals surface area contributed by atoms with Gasteiger partial charge in [-0.2, -0.15) is 0 Å². The number of hydrogen-bond donors (Lipinski definition) is 0. The van der Waals surface area contributed by atoms with E-state index < -0.39 is 30.0 Å². The molecule has 5 atom stereocenters. The fourth-order valence-corrected chi connectivity index (χ4v) is 8.59. The molecule has 2 aliphatic rings. The van der Waals surface area contributed by atoms with Gasteiger partial charge in [0.15, 0.2) is 0 Å². The van der Waals surface area contributed by atoms with Crippen LogP contribution in [0.25, 0.3) is 0 Å². The van der Waals surface area contributed by atoms with Gasteiger partial charge < -0.3 is 23.7 Å². The molecular formula is C51H51ClO5. The van der Waals surface area contributed by atoms with Gasteiger partial charge in [-0.05, 0) is 81.8 Å². The zero-order valence-corrected chi connectivity index (χ0v) is 33.4. The molecule has 1 aliphatic carbocycles. The lowest BCUT2D eigenvalue weighted by atomic mass is 9.79. The maximum Gasteiger partial charge on any atom is 0.123 e. The second-order valence-corrected chi connectivity index (χ2v) is 15.6. The van der Waals surface area contributed by atoms with Gasteiger partial charge in [-0.15, -0.1) is 0 Å². The summed E-state index contributed by atoms with van der Waals surface area (Å²) in [5, 5.41) is 0.770. The fourth-order valence-electron chi connectivity index (χ4n) is 8.34. The zero-order chi connectivity index (χ0) is 38.9. The molecule has 1 fully saturated rings. The van der Waals surface area contributed by atoms with Crippen molar-refractivity contribution in [2.45, 2.75) is 89.1 Å². The number of fused-ring (bicyclic) bond motifs is 2. The standard InChI is InChI=1S/C51H51ClO5/c1-2-37-23-25-38(26-24-37)29-44-30-45-43(31-46(44)52)27-28-51(45)50(56-35-42-21-13-6-14-22-42)49(55-34-41-19-11-5-12-20-41)48(54-33-40-17-9-4-10-18-40)47(57-51)36-53-32-39-15-7-3-8-16-39/h3-26,30-31,47-50H,2,27-29,32-36H2,1H3/t47-,48-,49+,50-,51+/m1/s1. The highest BCUT2D eigenvalue weighted by Gasteiger charge is 2.59. The molecule has 0 N–H and O–H groups in total. The highest BCUT2D eigenvalue weighted by Crippen LogP contribution is 2.51. The summed E-state index contributed by atoms with van der Waals surface area (Å²) >= 11 is 7.11. The minimum absolute atomic E-state index is 0.312. The van der Waals surface area contributed by atoms with Crippen LogP contribution in [-0.4, -0.2) is 31.0 Å². The summed E-state index contributed by atoms with van der Waals surface area (Å²) in [7, 11) is 0. The summed E-state index contributed by atoms with van der Waals surface area (Å²) < 4.78 is 35.4. The first-order chi connectivity index (χ1) is 28.1. The molecule has 6 heteroatoms. The van der Waals surface area contributed by atoms with Crippen LogP contribution in [0, 0.1) is 0 Å². The minimum Gasteiger partial charge on any atom is -0.374 e. The van der Waals surface area contributed by atoms with Crippen molar-refractivity contribution >= 4 is 11.6 Å². The highest BCUT2D eigenvalue weighted by atomic mass is 35.5. The highest BCUT2D eigenvalue weighted by molar-refractivity contribution is 6.31. The van der Waals surface area contributed by atoms with Crippen molar-refractivity contribution in [1.82, 2.24) is 0 Å². The Morgan fingerprint density at radius 2 is 1.09 bits per heavy atom. The van der Waals surface area contributed by atoms with Crippen LogP contribution in [0.3, 0.4) is 0 Å². The SMILES string of the molecule is CCc1ccc(Cc2cc3c(cc2Cl)CC[C@]32O[C@H](COCc3ccccc3)[C@@H](OCc3ccccc3)[C@H](OCc3ccccc3)[C@H]2OCc2ccccc2)cc1. The molecule has 1 aliphatic heterocycles. The Morgan fingerprint density at radius 3 is 1.65 bits per heavy atom. The monoisotopic (exact) mass is 778 g/mol. The lowest BCUT2D eigenvalue weighted by Crippen LogP contribution is -2.65. The summed E-state index contributed by atoms with van der Waals surface area (Å²) in [6.45, 7) is 4.12. The molecule has 1 spiro atoms. The smallest absolute Gasteiger partial charge is 0.123 e. The first-order valence-corrected chi connectivity index (χ1v) is 20.6. The first-order valence-electron chi connectivity index (χ1n) is 20.2. The molecule has 1 saturated heterocycles. The number of rotatable bonds is 16. The quantitative estimate of drug-likeness (QED) is 0.0979. The van der Waals surface area contributed by atoms with E-state index in [1.165, 1.54) is 16.7 Å².